The van der Waals surface area contributed by atoms with Gasteiger partial charge < -0.3 is 71.5 Å². The predicted molar refractivity (Wildman–Crippen MR) is 467 cm³/mol. The maximum absolute atomic E-state index is 13.6. The van der Waals surface area contributed by atoms with Crippen LogP contribution in [0.1, 0.15) is 126 Å². The number of hydrogen-bond acceptors (Lipinski definition) is 29. The van der Waals surface area contributed by atoms with Gasteiger partial charge in [0, 0.05) is 138 Å². The number of carboxylic acids is 2. The first-order valence-corrected chi connectivity index (χ1v) is 41.7. The Labute approximate surface area is 785 Å². The Hall–Kier alpha value is -15.5. The summed E-state index contributed by atoms with van der Waals surface area (Å²) in [5.41, 5.74) is 16.9. The number of nitrogens with zero attached hydrogens (tertiary/aromatic N) is 6. The quantitative estimate of drug-likeness (QED) is 0.00167. The molecule has 6 heterocycles. The summed E-state index contributed by atoms with van der Waals surface area (Å²) >= 11 is 0. The van der Waals surface area contributed by atoms with Crippen LogP contribution in [0.25, 0.3) is 0 Å². The number of esters is 3. The number of phenols is 2. The largest absolute Gasteiger partial charge is 0.503 e. The molecule has 0 aromatic heterocycles. The molecular weight excluding hydrogens is 1870 g/mol. The van der Waals surface area contributed by atoms with E-state index in [0.717, 1.165) is 47.3 Å². The van der Waals surface area contributed by atoms with Crippen LogP contribution in [0.15, 0.2) is 121 Å². The van der Waals surface area contributed by atoms with E-state index in [4.69, 9.17) is 36.6 Å². The summed E-state index contributed by atoms with van der Waals surface area (Å²) in [5, 5.41) is 62.5. The number of nitro benzene ring substituents is 2. The number of carbonyl (C=O) groups excluding carboxylic acids is 14. The molecule has 6 saturated heterocycles. The van der Waals surface area contributed by atoms with Crippen molar-refractivity contribution < 1.29 is 170 Å². The number of hydrogen-bond donors (Lipinski definition) is 9. The molecule has 49 heteroatoms. The van der Waals surface area contributed by atoms with Crippen molar-refractivity contribution in [1.29, 1.82) is 0 Å². The first-order valence-electron chi connectivity index (χ1n) is 41.7. The third-order valence-corrected chi connectivity index (χ3v) is 19.2. The number of nitro groups is 2. The second-order valence-electron chi connectivity index (χ2n) is 29.4. The number of unbranched alkanes of at least 4 members (excludes halogenated alkanes) is 2. The molecule has 6 aliphatic heterocycles. The second kappa shape index (κ2) is 59.4. The van der Waals surface area contributed by atoms with E-state index >= 15 is 0 Å². The number of cyclic esters (lactones) is 2. The van der Waals surface area contributed by atoms with Crippen LogP contribution < -0.4 is 32.2 Å². The number of anilines is 3. The maximum Gasteiger partial charge on any atom is 0.339 e. The first kappa shape index (κ1) is 116. The van der Waals surface area contributed by atoms with Gasteiger partial charge in [0.05, 0.1) is 9.85 Å². The number of non-ortho nitro benzene ring substituents is 2. The Kier molecular flexibility index (Phi) is 49.4. The number of aromatic hydroxyl groups is 2. The summed E-state index contributed by atoms with van der Waals surface area (Å²) in [6.07, 6.45) is 9.82. The van der Waals surface area contributed by atoms with E-state index in [1.54, 1.807) is 72.8 Å². The number of amides is 11. The van der Waals surface area contributed by atoms with Gasteiger partial charge in [-0.3, -0.25) is 97.4 Å². The topological polar surface area (TPSA) is 588 Å². The van der Waals surface area contributed by atoms with Crippen LogP contribution in [0.5, 0.6) is 17.2 Å². The van der Waals surface area contributed by atoms with Crippen molar-refractivity contribution in [2.75, 3.05) is 95.3 Å². The Morgan fingerprint density at radius 3 is 1.01 bits per heavy atom. The van der Waals surface area contributed by atoms with E-state index < -0.39 is 141 Å². The van der Waals surface area contributed by atoms with E-state index in [1.807, 2.05) is 24.3 Å². The van der Waals surface area contributed by atoms with Crippen molar-refractivity contribution in [2.45, 2.75) is 130 Å². The highest BCUT2D eigenvalue weighted by Crippen LogP contribution is 2.35. The molecule has 7 aromatic carbocycles. The molecule has 11 N–H and O–H groups in total. The fourth-order valence-electron chi connectivity index (χ4n) is 11.2. The van der Waals surface area contributed by atoms with Gasteiger partial charge in [0.15, 0.2) is 11.5 Å². The van der Waals surface area contributed by atoms with E-state index in [9.17, 15) is 136 Å². The highest BCUT2D eigenvalue weighted by Gasteiger charge is 2.34. The molecule has 0 bridgehead atoms. The second-order valence-corrected chi connectivity index (χ2v) is 29.4. The lowest BCUT2D eigenvalue weighted by molar-refractivity contribution is -0.385. The van der Waals surface area contributed by atoms with Crippen LogP contribution >= 0.6 is 0 Å². The number of likely N-dealkylation sites (tertiary alicyclic amines) is 4. The number of nitrogen functional groups attached to an aromatic ring is 1. The number of nitrogens with two attached hydrogens (primary N) is 2. The van der Waals surface area contributed by atoms with Gasteiger partial charge >= 0.3 is 29.8 Å². The fourth-order valence-corrected chi connectivity index (χ4v) is 11.2. The van der Waals surface area contributed by atoms with E-state index in [-0.39, 0.29) is 117 Å². The summed E-state index contributed by atoms with van der Waals surface area (Å²) in [5.74, 6) is -31.8. The van der Waals surface area contributed by atoms with Crippen LogP contribution in [0.2, 0.25) is 0 Å². The Morgan fingerprint density at radius 2 is 0.748 bits per heavy atom. The number of benzene rings is 7. The third-order valence-electron chi connectivity index (χ3n) is 19.2. The number of carbonyl (C=O) groups is 16. The van der Waals surface area contributed by atoms with Crippen molar-refractivity contribution in [2.24, 2.45) is 5.73 Å². The zero-order chi connectivity index (χ0) is 102. The number of nitrogens with one attached hydrogen (secondary N) is 3. The first-order chi connectivity index (χ1) is 65.4. The standard InChI is InChI=1S/C22H18F4N2O7.C16H18N2O6.C12H12N2O4.C12H14N2O2.C9H9NO4.C6HF5O.C5H13N.C4H4O4.C3H5NO.CH4/c23-17-18(24)21(33)20(26)22(19(17)25)35-16(32)10-34-9-13(29)27-12-4-1-11(2-5-12)3-6-14(30)28-8-7-15(28)31;19-13(9-24-10-16(22)23)17-12-4-1-11(2-5-12)3-6-14(20)18-8-7-15(18)21;15-11(13-8-7-12(13)16)6-3-9-1-4-10(5-2-9)14(17)18;13-10-4-1-9(2-5-10)3-6-11(15)14-8-7-12(14)16;11-9(12)6-3-7-1-4-8(5-2-7)10(13)14;7-1-2(8)4(10)6(12)5(11)3(1)9;1-2-3-4-5-6;5-3-1-7-2-4(6)8-3;5-3-1-2-4-3;/h1-2,4-5,33H,3,6-10H2,(H,27,29);1-2,4-5H,3,6-10H2,(H,17,19)(H,22,23);1-2,4-5H,3,6-8H2;1-2,4-5H,3,6-8,13H2;1-2,4-5H,3,6H2,(H,11,12);12H;2-6H2,1H3;1-2H2;1-2H2,(H,4,5);1H4. The molecule has 7 aromatic rings. The number of carboxylic acid groups (broad SMARTS) is 2. The molecule has 13 rings (SSSR count). The molecule has 139 heavy (non-hydrogen) atoms. The molecule has 0 unspecified atom stereocenters. The average Bonchev–Trinajstić information content (AvgIpc) is 0.765. The zero-order valence-electron chi connectivity index (χ0n) is 73.5. The van der Waals surface area contributed by atoms with Gasteiger partial charge in [0.2, 0.25) is 123 Å². The van der Waals surface area contributed by atoms with Gasteiger partial charge in [-0.2, -0.15) is 22.0 Å². The summed E-state index contributed by atoms with van der Waals surface area (Å²) < 4.78 is 136. The van der Waals surface area contributed by atoms with Gasteiger partial charge in [-0.05, 0) is 109 Å². The number of aliphatic carboxylic acids is 2. The Morgan fingerprint density at radius 1 is 0.439 bits per heavy atom. The lowest BCUT2D eigenvalue weighted by Gasteiger charge is -2.28. The molecule has 6 aliphatic rings. The Balaban J connectivity index is 0.000000344. The van der Waals surface area contributed by atoms with Crippen molar-refractivity contribution in [1.82, 2.24) is 24.9 Å². The molecular formula is C90H98F9N11O29. The number of imide groups is 4. The normalized spacial score (nSPS) is 13.2. The van der Waals surface area contributed by atoms with Crippen molar-refractivity contribution in [3.63, 3.8) is 0 Å². The smallest absolute Gasteiger partial charge is 0.339 e. The monoisotopic (exact) mass is 1970 g/mol. The summed E-state index contributed by atoms with van der Waals surface area (Å²) in [7, 11) is 0. The van der Waals surface area contributed by atoms with Crippen LogP contribution in [0.4, 0.5) is 68.0 Å². The minimum atomic E-state index is -2.29. The molecule has 0 spiro atoms. The summed E-state index contributed by atoms with van der Waals surface area (Å²) in [6, 6.07) is 32.8. The summed E-state index contributed by atoms with van der Waals surface area (Å²) in [6.45, 7) is 3.24. The number of rotatable bonds is 31. The van der Waals surface area contributed by atoms with Gasteiger partial charge in [0.1, 0.15) is 39.6 Å². The Bertz CT molecular complexity index is 5360. The van der Waals surface area contributed by atoms with Gasteiger partial charge in [-0.15, -0.1) is 0 Å². The number of aryl methyl sites for hydroxylation is 5. The van der Waals surface area contributed by atoms with Crippen molar-refractivity contribution >= 4 is 123 Å². The van der Waals surface area contributed by atoms with Crippen LogP contribution in [0.3, 0.4) is 0 Å². The highest BCUT2D eigenvalue weighted by atomic mass is 19.2. The SMILES string of the molecule is C.CCCCCN.Nc1ccc(CCC(=O)N2CCC2=O)cc1.O=C(CCc1ccc([N+](=O)[O-])cc1)N1CCC1=O.O=C(COCC(=O)Oc1c(F)c(O)c(F)c(F)c1F)Nc1ccc(CCC(=O)N2CCC2=O)cc1.O=C(O)CCc1ccc([N+](=O)[O-])cc1.O=C(O)COCC(=O)Nc1ccc(CCC(=O)N2CCC2=O)cc1.O=C1CCN1.O=C1COCC(=O)O1.Oc1c(F)c(F)c(F)c(F)c1F. The highest BCUT2D eigenvalue weighted by molar-refractivity contribution is 6.02. The van der Waals surface area contributed by atoms with Crippen LogP contribution in [0, 0.1) is 72.6 Å². The zero-order valence-corrected chi connectivity index (χ0v) is 73.5. The predicted octanol–water partition coefficient (Wildman–Crippen LogP) is 8.93. The molecule has 750 valence electrons. The van der Waals surface area contributed by atoms with Gasteiger partial charge in [-0.25, -0.2) is 36.7 Å². The van der Waals surface area contributed by atoms with E-state index in [2.05, 4.69) is 41.8 Å². The number of halogens is 9. The van der Waals surface area contributed by atoms with Gasteiger partial charge in [-0.1, -0.05) is 87.9 Å². The van der Waals surface area contributed by atoms with Crippen LogP contribution in [-0.4, -0.2) is 224 Å². The molecule has 0 atom stereocenters. The average molecular weight is 1970 g/mol. The van der Waals surface area contributed by atoms with Gasteiger partial charge in [0.25, 0.3) is 11.4 Å². The molecule has 40 nitrogen and oxygen atoms in total. The summed E-state index contributed by atoms with van der Waals surface area (Å²) in [4.78, 5) is 202. The molecule has 0 radical (unpaired) electrons. The molecule has 11 amide bonds. The number of ether oxygens (including phenoxy) is 5. The van der Waals surface area contributed by atoms with Crippen molar-refractivity contribution in [3.8, 4) is 17.2 Å². The molecule has 6 fully saturated rings. The minimum Gasteiger partial charge on any atom is -0.503 e. The molecule has 0 saturated carbocycles. The number of β-lactam (4-membered cyclic amide) rings is 5. The maximum atomic E-state index is 13.6. The van der Waals surface area contributed by atoms with Crippen molar-refractivity contribution in [3.05, 3.63) is 222 Å². The number of phenolic OH excluding ortho intramolecular Hbond substituents is 2. The van der Waals surface area contributed by atoms with E-state index in [1.165, 1.54) is 63.1 Å². The molecule has 0 aliphatic carbocycles. The fraction of sp³-hybridized carbons (Fsp3) is 0.356. The lowest BCUT2D eigenvalue weighted by Crippen LogP contribution is -2.47. The van der Waals surface area contributed by atoms with E-state index in [0.29, 0.717) is 107 Å². The lowest BCUT2D eigenvalue weighted by atomic mass is 10.1. The minimum absolute atomic E-state index is 0. The van der Waals surface area contributed by atoms with Crippen LogP contribution in [-0.2, 0) is 128 Å². The third kappa shape index (κ3) is 40.1.